The van der Waals surface area contributed by atoms with Crippen LogP contribution in [0.1, 0.15) is 43.5 Å². The maximum atomic E-state index is 12.7. The Hall–Kier alpha value is -2.64. The predicted molar refractivity (Wildman–Crippen MR) is 137 cm³/mol. The Balaban J connectivity index is 1.44. The molecule has 0 unspecified atom stereocenters. The number of nitrogens with zero attached hydrogens (tertiary/aromatic N) is 3. The predicted octanol–water partition coefficient (Wildman–Crippen LogP) is 4.84. The van der Waals surface area contributed by atoms with Crippen molar-refractivity contribution >= 4 is 10.9 Å². The molecule has 0 aliphatic carbocycles. The molecule has 1 aromatic heterocycles. The van der Waals surface area contributed by atoms with Gasteiger partial charge in [0.05, 0.1) is 31.5 Å². The second-order valence-corrected chi connectivity index (χ2v) is 10.5. The van der Waals surface area contributed by atoms with E-state index in [1.54, 1.807) is 7.11 Å². The Labute approximate surface area is 207 Å². The lowest BCUT2D eigenvalue weighted by Crippen LogP contribution is -2.49. The molecule has 0 saturated carbocycles. The molecule has 0 bridgehead atoms. The number of aromatic amines is 1. The van der Waals surface area contributed by atoms with E-state index in [1.165, 1.54) is 16.5 Å². The third kappa shape index (κ3) is 4.76. The first kappa shape index (κ1) is 24.1. The molecule has 5 rings (SSSR count). The Morgan fingerprint density at radius 2 is 1.97 bits per heavy atom. The van der Waals surface area contributed by atoms with Gasteiger partial charge in [0.15, 0.2) is 0 Å². The summed E-state index contributed by atoms with van der Waals surface area (Å²) in [6.07, 6.45) is 2.96. The highest BCUT2D eigenvalue weighted by Gasteiger charge is 2.36. The molecule has 3 aromatic rings. The number of hydrogen-bond donors (Lipinski definition) is 1. The number of benzene rings is 2. The fraction of sp³-hybridized carbons (Fsp3) is 0.536. The second-order valence-electron chi connectivity index (χ2n) is 10.5. The van der Waals surface area contributed by atoms with Crippen LogP contribution >= 0.6 is 0 Å². The minimum absolute atomic E-state index is 0.0955. The van der Waals surface area contributed by atoms with Gasteiger partial charge in [-0.2, -0.15) is 5.10 Å². The third-order valence-corrected chi connectivity index (χ3v) is 7.47. The highest BCUT2D eigenvalue weighted by atomic mass is 19.1. The summed E-state index contributed by atoms with van der Waals surface area (Å²) in [5.41, 5.74) is 4.94. The van der Waals surface area contributed by atoms with Crippen LogP contribution in [0.25, 0.3) is 10.9 Å². The van der Waals surface area contributed by atoms with Crippen molar-refractivity contribution in [3.63, 3.8) is 0 Å². The molecule has 2 aromatic carbocycles. The Bertz CT molecular complexity index is 1160. The standard InChI is InChI=1S/C28H37FN4O2/c1-18(2)15-33-19(3)11-24-22(7-8-26-25(24)14-30-31-26)28(33)23-6-5-21(12-27(23)34-4)35-10-9-32-16-20(13-29)17-32/h5-8,12,14,18-20,28H,9-11,13,15-17H2,1-4H3,(H,30,31)/t19-,28+/m1/s1. The normalized spacial score (nSPS) is 21.3. The molecule has 6 nitrogen and oxygen atoms in total. The van der Waals surface area contributed by atoms with Gasteiger partial charge in [-0.05, 0) is 48.6 Å². The van der Waals surface area contributed by atoms with Gasteiger partial charge in [-0.3, -0.25) is 19.3 Å². The summed E-state index contributed by atoms with van der Waals surface area (Å²) in [5, 5.41) is 8.64. The summed E-state index contributed by atoms with van der Waals surface area (Å²) in [7, 11) is 1.74. The number of rotatable bonds is 9. The van der Waals surface area contributed by atoms with Crippen LogP contribution < -0.4 is 9.47 Å². The average molecular weight is 481 g/mol. The van der Waals surface area contributed by atoms with Crippen molar-refractivity contribution in [2.75, 3.05) is 46.6 Å². The first-order valence-corrected chi connectivity index (χ1v) is 12.8. The molecule has 0 spiro atoms. The van der Waals surface area contributed by atoms with Crippen molar-refractivity contribution in [1.29, 1.82) is 0 Å². The smallest absolute Gasteiger partial charge is 0.127 e. The maximum Gasteiger partial charge on any atom is 0.127 e. The Kier molecular flexibility index (Phi) is 6.98. The molecule has 1 saturated heterocycles. The van der Waals surface area contributed by atoms with Gasteiger partial charge in [-0.1, -0.05) is 19.9 Å². The number of H-pyrrole nitrogens is 1. The zero-order valence-electron chi connectivity index (χ0n) is 21.3. The number of ether oxygens (including phenoxy) is 2. The van der Waals surface area contributed by atoms with Crippen LogP contribution in [0.15, 0.2) is 36.5 Å². The molecule has 2 atom stereocenters. The van der Waals surface area contributed by atoms with Crippen LogP contribution in [-0.2, 0) is 6.42 Å². The molecular weight excluding hydrogens is 443 g/mol. The van der Waals surface area contributed by atoms with Gasteiger partial charge in [0.1, 0.15) is 18.1 Å². The fourth-order valence-electron chi connectivity index (χ4n) is 5.73. The molecule has 7 heteroatoms. The van der Waals surface area contributed by atoms with Gasteiger partial charge in [-0.15, -0.1) is 0 Å². The summed E-state index contributed by atoms with van der Waals surface area (Å²) >= 11 is 0. The van der Waals surface area contributed by atoms with E-state index in [1.807, 2.05) is 12.3 Å². The van der Waals surface area contributed by atoms with Crippen LogP contribution in [-0.4, -0.2) is 72.6 Å². The Morgan fingerprint density at radius 3 is 2.71 bits per heavy atom. The summed E-state index contributed by atoms with van der Waals surface area (Å²) in [5.74, 6) is 2.39. The zero-order valence-corrected chi connectivity index (χ0v) is 21.3. The molecule has 188 valence electrons. The summed E-state index contributed by atoms with van der Waals surface area (Å²) in [6, 6.07) is 11.1. The minimum Gasteiger partial charge on any atom is -0.496 e. The van der Waals surface area contributed by atoms with Crippen molar-refractivity contribution in [2.24, 2.45) is 11.8 Å². The molecular formula is C28H37FN4O2. The first-order chi connectivity index (χ1) is 17.0. The van der Waals surface area contributed by atoms with Gasteiger partial charge in [0.25, 0.3) is 0 Å². The van der Waals surface area contributed by atoms with E-state index in [-0.39, 0.29) is 18.6 Å². The van der Waals surface area contributed by atoms with E-state index in [2.05, 4.69) is 65.0 Å². The number of alkyl halides is 1. The van der Waals surface area contributed by atoms with E-state index in [0.717, 1.165) is 55.2 Å². The van der Waals surface area contributed by atoms with Crippen molar-refractivity contribution in [2.45, 2.75) is 39.3 Å². The number of methoxy groups -OCH3 is 1. The topological polar surface area (TPSA) is 53.6 Å². The molecule has 3 heterocycles. The van der Waals surface area contributed by atoms with Gasteiger partial charge in [0, 0.05) is 55.2 Å². The van der Waals surface area contributed by atoms with Gasteiger partial charge >= 0.3 is 0 Å². The Morgan fingerprint density at radius 1 is 1.17 bits per heavy atom. The quantitative estimate of drug-likeness (QED) is 0.475. The van der Waals surface area contributed by atoms with Crippen molar-refractivity contribution in [3.8, 4) is 11.5 Å². The summed E-state index contributed by atoms with van der Waals surface area (Å²) in [4.78, 5) is 4.85. The maximum absolute atomic E-state index is 12.7. The molecule has 2 aliphatic heterocycles. The summed E-state index contributed by atoms with van der Waals surface area (Å²) < 4.78 is 24.6. The van der Waals surface area contributed by atoms with E-state index in [0.29, 0.717) is 18.6 Å². The van der Waals surface area contributed by atoms with Crippen molar-refractivity contribution in [3.05, 3.63) is 53.2 Å². The SMILES string of the molecule is COc1cc(OCCN2CC(CF)C2)ccc1[C@@H]1c2ccc3[nH]ncc3c2C[C@@H](C)N1CC(C)C. The fourth-order valence-corrected chi connectivity index (χ4v) is 5.73. The largest absolute Gasteiger partial charge is 0.496 e. The van der Waals surface area contributed by atoms with Crippen LogP contribution in [0.5, 0.6) is 11.5 Å². The van der Waals surface area contributed by atoms with Crippen molar-refractivity contribution in [1.82, 2.24) is 20.0 Å². The molecule has 35 heavy (non-hydrogen) atoms. The van der Waals surface area contributed by atoms with Crippen molar-refractivity contribution < 1.29 is 13.9 Å². The number of halogens is 1. The first-order valence-electron chi connectivity index (χ1n) is 12.8. The van der Waals surface area contributed by atoms with E-state index in [4.69, 9.17) is 9.47 Å². The number of aromatic nitrogens is 2. The highest BCUT2D eigenvalue weighted by Crippen LogP contribution is 2.44. The lowest BCUT2D eigenvalue weighted by molar-refractivity contribution is 0.0668. The van der Waals surface area contributed by atoms with E-state index < -0.39 is 0 Å². The third-order valence-electron chi connectivity index (χ3n) is 7.47. The minimum atomic E-state index is -0.223. The monoisotopic (exact) mass is 480 g/mol. The molecule has 0 radical (unpaired) electrons. The molecule has 0 amide bonds. The number of nitrogens with one attached hydrogen (secondary N) is 1. The van der Waals surface area contributed by atoms with E-state index >= 15 is 0 Å². The summed E-state index contributed by atoms with van der Waals surface area (Å²) in [6.45, 7) is 10.7. The van der Waals surface area contributed by atoms with Crippen LogP contribution in [0.2, 0.25) is 0 Å². The zero-order chi connectivity index (χ0) is 24.5. The number of hydrogen-bond acceptors (Lipinski definition) is 5. The van der Waals surface area contributed by atoms with Crippen LogP contribution in [0.4, 0.5) is 4.39 Å². The van der Waals surface area contributed by atoms with E-state index in [9.17, 15) is 4.39 Å². The molecule has 1 N–H and O–H groups in total. The number of likely N-dealkylation sites (tertiary alicyclic amines) is 1. The lowest BCUT2D eigenvalue weighted by atomic mass is 9.82. The molecule has 1 fully saturated rings. The van der Waals surface area contributed by atoms with Gasteiger partial charge in [-0.25, -0.2) is 0 Å². The molecule has 2 aliphatic rings. The average Bonchev–Trinajstić information content (AvgIpc) is 3.30. The van der Waals surface area contributed by atoms with Crippen LogP contribution in [0.3, 0.4) is 0 Å². The van der Waals surface area contributed by atoms with Crippen LogP contribution in [0, 0.1) is 11.8 Å². The lowest BCUT2D eigenvalue weighted by Gasteiger charge is -2.43. The van der Waals surface area contributed by atoms with Gasteiger partial charge in [0.2, 0.25) is 0 Å². The highest BCUT2D eigenvalue weighted by molar-refractivity contribution is 5.83. The van der Waals surface area contributed by atoms with Gasteiger partial charge < -0.3 is 9.47 Å². The number of fused-ring (bicyclic) bond motifs is 3. The second kappa shape index (κ2) is 10.2.